The number of carbonyl (C=O) groups excluding carboxylic acids is 1. The van der Waals surface area contributed by atoms with Crippen molar-refractivity contribution in [2.24, 2.45) is 4.99 Å². The molecule has 0 radical (unpaired) electrons. The second-order valence-corrected chi connectivity index (χ2v) is 9.36. The molecule has 1 aliphatic rings. The first-order chi connectivity index (χ1) is 17.9. The number of fused-ring (bicyclic) bond motifs is 1. The molecule has 1 atom stereocenters. The fourth-order valence-electron chi connectivity index (χ4n) is 4.05. The Labute approximate surface area is 218 Å². The predicted molar refractivity (Wildman–Crippen MR) is 138 cm³/mol. The molecule has 3 heterocycles. The van der Waals surface area contributed by atoms with Crippen LogP contribution in [0.3, 0.4) is 0 Å². The van der Waals surface area contributed by atoms with Crippen LogP contribution in [0.4, 0.5) is 5.88 Å². The number of hydrogen-bond donors (Lipinski definition) is 0. The Kier molecular flexibility index (Phi) is 6.60. The number of furan rings is 1. The van der Waals surface area contributed by atoms with E-state index >= 15 is 0 Å². The van der Waals surface area contributed by atoms with Gasteiger partial charge in [-0.15, -0.1) is 0 Å². The summed E-state index contributed by atoms with van der Waals surface area (Å²) in [6, 6.07) is 17.8. The van der Waals surface area contributed by atoms with E-state index in [4.69, 9.17) is 25.7 Å². The van der Waals surface area contributed by atoms with Gasteiger partial charge in [0.1, 0.15) is 10.7 Å². The van der Waals surface area contributed by atoms with Crippen LogP contribution in [0, 0.1) is 10.1 Å². The molecule has 1 aliphatic heterocycles. The number of halogens is 1. The maximum absolute atomic E-state index is 13.7. The van der Waals surface area contributed by atoms with E-state index in [-0.39, 0.29) is 22.5 Å². The molecule has 186 valence electrons. The van der Waals surface area contributed by atoms with Gasteiger partial charge >= 0.3 is 11.9 Å². The molecule has 0 fully saturated rings. The Balaban J connectivity index is 1.80. The molecule has 37 heavy (non-hydrogen) atoms. The largest absolute Gasteiger partial charge is 0.463 e. The first kappa shape index (κ1) is 24.4. The average Bonchev–Trinajstić information content (AvgIpc) is 3.49. The minimum absolute atomic E-state index is 0.138. The molecule has 0 spiro atoms. The van der Waals surface area contributed by atoms with Crippen molar-refractivity contribution in [2.75, 3.05) is 6.61 Å². The lowest BCUT2D eigenvalue weighted by atomic mass is 9.93. The highest BCUT2D eigenvalue weighted by Crippen LogP contribution is 2.35. The summed E-state index contributed by atoms with van der Waals surface area (Å²) >= 11 is 7.21. The number of thiazole rings is 1. The van der Waals surface area contributed by atoms with Crippen molar-refractivity contribution in [3.05, 3.63) is 124 Å². The average molecular weight is 536 g/mol. The number of hydrogen-bond acceptors (Lipinski definition) is 8. The highest BCUT2D eigenvalue weighted by atomic mass is 35.5. The van der Waals surface area contributed by atoms with Crippen molar-refractivity contribution in [1.82, 2.24) is 4.57 Å². The van der Waals surface area contributed by atoms with Crippen LogP contribution in [0.2, 0.25) is 5.02 Å². The van der Waals surface area contributed by atoms with E-state index in [1.807, 2.05) is 30.3 Å². The highest BCUT2D eigenvalue weighted by molar-refractivity contribution is 7.07. The van der Waals surface area contributed by atoms with Crippen molar-refractivity contribution in [3.63, 3.8) is 0 Å². The third-order valence-electron chi connectivity index (χ3n) is 5.63. The van der Waals surface area contributed by atoms with Crippen LogP contribution in [0.25, 0.3) is 11.8 Å². The number of ether oxygens (including phenoxy) is 1. The second kappa shape index (κ2) is 10.00. The normalized spacial score (nSPS) is 15.3. The molecule has 0 aliphatic carbocycles. The molecule has 0 N–H and O–H groups in total. The SMILES string of the molecule is CCOC(=O)C1=C(c2ccccc2)N=c2s/c(=C/c3ccc([N+](=O)[O-])o3)c(=O)n2C1c1ccc(Cl)cc1. The standard InChI is InChI=1S/C26H18ClN3O6S/c1-2-35-25(32)21-22(15-6-4-3-5-7-15)28-26-29(23(21)16-8-10-17(27)11-9-16)24(31)19(37-26)14-18-12-13-20(36-18)30(33)34/h3-14,23H,2H2,1H3/b19-14+. The lowest BCUT2D eigenvalue weighted by Crippen LogP contribution is -2.39. The monoisotopic (exact) mass is 535 g/mol. The van der Waals surface area contributed by atoms with E-state index in [1.165, 1.54) is 22.8 Å². The summed E-state index contributed by atoms with van der Waals surface area (Å²) < 4.78 is 12.3. The van der Waals surface area contributed by atoms with Crippen molar-refractivity contribution >= 4 is 46.6 Å². The van der Waals surface area contributed by atoms with E-state index in [0.29, 0.717) is 26.6 Å². The van der Waals surface area contributed by atoms with Gasteiger partial charge in [0.25, 0.3) is 5.56 Å². The molecule has 0 saturated carbocycles. The van der Waals surface area contributed by atoms with Gasteiger partial charge in [-0.25, -0.2) is 9.79 Å². The summed E-state index contributed by atoms with van der Waals surface area (Å²) in [6.07, 6.45) is 1.42. The number of nitro groups is 1. The minimum atomic E-state index is -0.851. The summed E-state index contributed by atoms with van der Waals surface area (Å²) in [5, 5.41) is 11.5. The Morgan fingerprint density at radius 3 is 2.57 bits per heavy atom. The van der Waals surface area contributed by atoms with Crippen LogP contribution in [-0.2, 0) is 9.53 Å². The quantitative estimate of drug-likeness (QED) is 0.208. The molecule has 4 aromatic rings. The molecule has 9 nitrogen and oxygen atoms in total. The molecule has 2 aromatic heterocycles. The summed E-state index contributed by atoms with van der Waals surface area (Å²) in [6.45, 7) is 1.84. The van der Waals surface area contributed by atoms with Gasteiger partial charge in [0, 0.05) is 16.7 Å². The summed E-state index contributed by atoms with van der Waals surface area (Å²) in [4.78, 5) is 42.5. The molecule has 0 saturated heterocycles. The van der Waals surface area contributed by atoms with Gasteiger partial charge in [0.15, 0.2) is 4.80 Å². The Morgan fingerprint density at radius 2 is 1.92 bits per heavy atom. The van der Waals surface area contributed by atoms with Crippen molar-refractivity contribution < 1.29 is 18.9 Å². The molecule has 0 amide bonds. The zero-order valence-corrected chi connectivity index (χ0v) is 20.9. The van der Waals surface area contributed by atoms with Gasteiger partial charge in [-0.2, -0.15) is 0 Å². The maximum Gasteiger partial charge on any atom is 0.433 e. The number of nitrogens with zero attached hydrogens (tertiary/aromatic N) is 3. The smallest absolute Gasteiger partial charge is 0.433 e. The maximum atomic E-state index is 13.7. The third-order valence-corrected chi connectivity index (χ3v) is 6.86. The van der Waals surface area contributed by atoms with Crippen LogP contribution in [0.1, 0.15) is 29.9 Å². The molecule has 1 unspecified atom stereocenters. The fourth-order valence-corrected chi connectivity index (χ4v) is 5.15. The number of benzene rings is 2. The lowest BCUT2D eigenvalue weighted by molar-refractivity contribution is -0.402. The number of aromatic nitrogens is 1. The van der Waals surface area contributed by atoms with Gasteiger partial charge in [-0.3, -0.25) is 19.5 Å². The number of rotatable bonds is 6. The molecular weight excluding hydrogens is 518 g/mol. The van der Waals surface area contributed by atoms with Crippen LogP contribution in [0.15, 0.2) is 86.5 Å². The summed E-state index contributed by atoms with van der Waals surface area (Å²) in [5.41, 5.74) is 1.49. The molecule has 2 aromatic carbocycles. The van der Waals surface area contributed by atoms with Gasteiger partial charge in [-0.05, 0) is 30.7 Å². The first-order valence-corrected chi connectivity index (χ1v) is 12.3. The number of carbonyl (C=O) groups is 1. The van der Waals surface area contributed by atoms with Crippen LogP contribution >= 0.6 is 22.9 Å². The van der Waals surface area contributed by atoms with Gasteiger partial charge in [-0.1, -0.05) is 65.4 Å². The molecule has 0 bridgehead atoms. The van der Waals surface area contributed by atoms with Crippen LogP contribution < -0.4 is 14.9 Å². The zero-order valence-electron chi connectivity index (χ0n) is 19.3. The summed E-state index contributed by atoms with van der Waals surface area (Å²) in [7, 11) is 0. The van der Waals surface area contributed by atoms with Crippen molar-refractivity contribution in [3.8, 4) is 0 Å². The zero-order chi connectivity index (χ0) is 26.1. The van der Waals surface area contributed by atoms with Crippen molar-refractivity contribution in [1.29, 1.82) is 0 Å². The summed E-state index contributed by atoms with van der Waals surface area (Å²) in [5.74, 6) is -0.886. The minimum Gasteiger partial charge on any atom is -0.463 e. The van der Waals surface area contributed by atoms with Gasteiger partial charge < -0.3 is 9.15 Å². The topological polar surface area (TPSA) is 117 Å². The first-order valence-electron chi connectivity index (χ1n) is 11.2. The Morgan fingerprint density at radius 1 is 1.19 bits per heavy atom. The second-order valence-electron chi connectivity index (χ2n) is 7.92. The molecule has 11 heteroatoms. The van der Waals surface area contributed by atoms with E-state index in [9.17, 15) is 19.7 Å². The molecular formula is C26H18ClN3O6S. The Bertz CT molecular complexity index is 1720. The van der Waals surface area contributed by atoms with Gasteiger partial charge in [0.05, 0.1) is 34.5 Å². The van der Waals surface area contributed by atoms with E-state index < -0.39 is 28.4 Å². The lowest BCUT2D eigenvalue weighted by Gasteiger charge is -2.25. The van der Waals surface area contributed by atoms with Crippen molar-refractivity contribution in [2.45, 2.75) is 13.0 Å². The fraction of sp³-hybridized carbons (Fsp3) is 0.115. The Hall–Kier alpha value is -4.28. The highest BCUT2D eigenvalue weighted by Gasteiger charge is 2.35. The van der Waals surface area contributed by atoms with E-state index in [1.54, 1.807) is 31.2 Å². The number of esters is 1. The van der Waals surface area contributed by atoms with E-state index in [2.05, 4.69) is 0 Å². The predicted octanol–water partition coefficient (Wildman–Crippen LogP) is 4.09. The molecule has 5 rings (SSSR count). The van der Waals surface area contributed by atoms with Gasteiger partial charge in [0.2, 0.25) is 0 Å². The van der Waals surface area contributed by atoms with E-state index in [0.717, 1.165) is 11.3 Å². The van der Waals surface area contributed by atoms with Crippen LogP contribution in [0.5, 0.6) is 0 Å². The van der Waals surface area contributed by atoms with Crippen LogP contribution in [-0.4, -0.2) is 22.1 Å². The third kappa shape index (κ3) is 4.64.